The van der Waals surface area contributed by atoms with Crippen molar-refractivity contribution in [1.82, 2.24) is 4.57 Å². The summed E-state index contributed by atoms with van der Waals surface area (Å²) in [5, 5.41) is 9.47. The van der Waals surface area contributed by atoms with Gasteiger partial charge in [-0.3, -0.25) is 14.2 Å². The molecule has 0 fully saturated rings. The van der Waals surface area contributed by atoms with Crippen LogP contribution < -0.4 is 14.8 Å². The van der Waals surface area contributed by atoms with Gasteiger partial charge in [0.15, 0.2) is 5.78 Å². The molecule has 0 aliphatic rings. The summed E-state index contributed by atoms with van der Waals surface area (Å²) in [5.41, 5.74) is -1.25. The van der Waals surface area contributed by atoms with Crippen LogP contribution in [0.4, 0.5) is 8.78 Å². The number of aromatic nitrogens is 1. The lowest BCUT2D eigenvalue weighted by Crippen LogP contribution is -2.33. The van der Waals surface area contributed by atoms with Crippen molar-refractivity contribution in [2.75, 3.05) is 0 Å². The number of carbonyl (C=O) groups excluding carboxylic acids is 1. The highest BCUT2D eigenvalue weighted by Crippen LogP contribution is 2.19. The topological polar surface area (TPSA) is 62.9 Å². The molecule has 0 amide bonds. The predicted octanol–water partition coefficient (Wildman–Crippen LogP) is 2.33. The molecule has 0 radical (unpaired) electrons. The zero-order chi connectivity index (χ0) is 19.6. The molecule has 0 unspecified atom stereocenters. The lowest BCUT2D eigenvalue weighted by atomic mass is 9.87. The number of nitrogens with zero attached hydrogens (tertiary/aromatic N) is 2. The quantitative estimate of drug-likeness (QED) is 0.826. The van der Waals surface area contributed by atoms with E-state index in [1.807, 2.05) is 6.07 Å². The molecule has 0 aliphatic carbocycles. The minimum absolute atomic E-state index is 0.0557. The van der Waals surface area contributed by atoms with Crippen LogP contribution in [0.2, 0.25) is 0 Å². The van der Waals surface area contributed by atoms with Gasteiger partial charge >= 0.3 is 0 Å². The van der Waals surface area contributed by atoms with Crippen molar-refractivity contribution >= 4 is 28.8 Å². The third kappa shape index (κ3) is 3.81. The molecule has 2 rings (SSSR count). The zero-order valence-electron chi connectivity index (χ0n) is 14.9. The van der Waals surface area contributed by atoms with Crippen molar-refractivity contribution < 1.29 is 13.6 Å². The smallest absolute Gasteiger partial charge is 0.269 e. The zero-order valence-corrected chi connectivity index (χ0v) is 15.7. The van der Waals surface area contributed by atoms with Crippen LogP contribution >= 0.6 is 11.3 Å². The first-order chi connectivity index (χ1) is 12.1. The van der Waals surface area contributed by atoms with Crippen LogP contribution in [0.25, 0.3) is 11.6 Å². The van der Waals surface area contributed by atoms with E-state index in [0.29, 0.717) is 0 Å². The SMILES string of the molecule is CCn1c(=O)/c(=C/c2ccc(F)cc2F)s/c1=C(\C#N)C(=O)C(C)(C)C. The third-order valence-electron chi connectivity index (χ3n) is 3.71. The summed E-state index contributed by atoms with van der Waals surface area (Å²) < 4.78 is 28.7. The van der Waals surface area contributed by atoms with Gasteiger partial charge in [0.05, 0.1) is 4.53 Å². The third-order valence-corrected chi connectivity index (χ3v) is 4.84. The molecule has 1 heterocycles. The molecule has 0 saturated heterocycles. The number of benzene rings is 1. The number of carbonyl (C=O) groups is 1. The number of hydrogen-bond acceptors (Lipinski definition) is 4. The van der Waals surface area contributed by atoms with Crippen LogP contribution in [0, 0.1) is 28.4 Å². The van der Waals surface area contributed by atoms with Gasteiger partial charge < -0.3 is 0 Å². The van der Waals surface area contributed by atoms with Crippen molar-refractivity contribution in [2.45, 2.75) is 34.2 Å². The molecule has 1 aromatic heterocycles. The van der Waals surface area contributed by atoms with Gasteiger partial charge in [-0.15, -0.1) is 11.3 Å². The van der Waals surface area contributed by atoms with Gasteiger partial charge in [-0.25, -0.2) is 8.78 Å². The van der Waals surface area contributed by atoms with Gasteiger partial charge in [-0.1, -0.05) is 20.8 Å². The van der Waals surface area contributed by atoms with Gasteiger partial charge in [0.2, 0.25) is 0 Å². The Hall–Kier alpha value is -2.59. The molecular weight excluding hydrogens is 358 g/mol. The standard InChI is InChI=1S/C19H18F2N2O2S/c1-5-23-17(25)15(8-11-6-7-12(20)9-14(11)21)26-18(23)13(10-22)16(24)19(2,3)4/h6-9H,5H2,1-4H3/b15-8-,18-13+. The molecule has 136 valence electrons. The highest BCUT2D eigenvalue weighted by atomic mass is 32.1. The van der Waals surface area contributed by atoms with Crippen LogP contribution in [-0.4, -0.2) is 10.4 Å². The van der Waals surface area contributed by atoms with Crippen molar-refractivity contribution in [2.24, 2.45) is 5.41 Å². The van der Waals surface area contributed by atoms with E-state index < -0.39 is 22.6 Å². The Morgan fingerprint density at radius 2 is 2.00 bits per heavy atom. The van der Waals surface area contributed by atoms with E-state index in [4.69, 9.17) is 0 Å². The lowest BCUT2D eigenvalue weighted by molar-refractivity contribution is -0.120. The van der Waals surface area contributed by atoms with Crippen LogP contribution in [-0.2, 0) is 11.3 Å². The maximum absolute atomic E-state index is 13.9. The number of nitriles is 1. The van der Waals surface area contributed by atoms with Crippen molar-refractivity contribution in [1.29, 1.82) is 5.26 Å². The molecule has 0 atom stereocenters. The van der Waals surface area contributed by atoms with Gasteiger partial charge in [0.25, 0.3) is 5.56 Å². The van der Waals surface area contributed by atoms with E-state index in [9.17, 15) is 23.6 Å². The van der Waals surface area contributed by atoms with Gasteiger partial charge in [-0.2, -0.15) is 5.26 Å². The van der Waals surface area contributed by atoms with Crippen LogP contribution in [0.1, 0.15) is 33.3 Å². The maximum Gasteiger partial charge on any atom is 0.269 e. The second kappa shape index (κ2) is 7.34. The maximum atomic E-state index is 13.9. The fourth-order valence-electron chi connectivity index (χ4n) is 2.32. The van der Waals surface area contributed by atoms with Crippen LogP contribution in [0.5, 0.6) is 0 Å². The summed E-state index contributed by atoms with van der Waals surface area (Å²) in [4.78, 5) is 25.2. The van der Waals surface area contributed by atoms with Crippen molar-refractivity contribution in [3.8, 4) is 6.07 Å². The minimum atomic E-state index is -0.794. The summed E-state index contributed by atoms with van der Waals surface area (Å²) >= 11 is 0.950. The summed E-state index contributed by atoms with van der Waals surface area (Å²) in [7, 11) is 0. The summed E-state index contributed by atoms with van der Waals surface area (Å²) in [6, 6.07) is 4.96. The van der Waals surface area contributed by atoms with E-state index in [2.05, 4.69) is 0 Å². The van der Waals surface area contributed by atoms with E-state index in [0.717, 1.165) is 23.5 Å². The monoisotopic (exact) mass is 376 g/mol. The minimum Gasteiger partial charge on any atom is -0.298 e. The molecule has 0 N–H and O–H groups in total. The Morgan fingerprint density at radius 1 is 1.35 bits per heavy atom. The van der Waals surface area contributed by atoms with Crippen LogP contribution in [0.15, 0.2) is 23.0 Å². The average molecular weight is 376 g/mol. The predicted molar refractivity (Wildman–Crippen MR) is 96.9 cm³/mol. The van der Waals surface area contributed by atoms with Gasteiger partial charge in [-0.05, 0) is 25.1 Å². The van der Waals surface area contributed by atoms with Gasteiger partial charge in [0.1, 0.15) is 27.9 Å². The van der Waals surface area contributed by atoms with E-state index >= 15 is 0 Å². The second-order valence-corrected chi connectivity index (χ2v) is 7.73. The van der Waals surface area contributed by atoms with E-state index in [1.165, 1.54) is 16.7 Å². The normalized spacial score (nSPS) is 13.5. The highest BCUT2D eigenvalue weighted by molar-refractivity contribution is 7.07. The number of halogens is 2. The summed E-state index contributed by atoms with van der Waals surface area (Å²) in [6.07, 6.45) is 1.30. The number of hydrogen-bond donors (Lipinski definition) is 0. The molecule has 0 saturated carbocycles. The molecule has 7 heteroatoms. The second-order valence-electron chi connectivity index (χ2n) is 6.70. The average Bonchev–Trinajstić information content (AvgIpc) is 2.85. The summed E-state index contributed by atoms with van der Waals surface area (Å²) in [5.74, 6) is -1.88. The molecule has 0 spiro atoms. The van der Waals surface area contributed by atoms with Crippen LogP contribution in [0.3, 0.4) is 0 Å². The number of ketones is 1. The Morgan fingerprint density at radius 3 is 2.50 bits per heavy atom. The fraction of sp³-hybridized carbons (Fsp3) is 0.316. The fourth-order valence-corrected chi connectivity index (χ4v) is 3.48. The molecular formula is C19H18F2N2O2S. The lowest BCUT2D eigenvalue weighted by Gasteiger charge is -2.15. The first-order valence-corrected chi connectivity index (χ1v) is 8.77. The largest absolute Gasteiger partial charge is 0.298 e. The Kier molecular flexibility index (Phi) is 5.57. The molecule has 0 aliphatic heterocycles. The van der Waals surface area contributed by atoms with E-state index in [1.54, 1.807) is 27.7 Å². The first-order valence-electron chi connectivity index (χ1n) is 7.95. The molecule has 26 heavy (non-hydrogen) atoms. The molecule has 1 aromatic carbocycles. The Labute approximate surface area is 153 Å². The molecule has 2 aromatic rings. The number of rotatable bonds is 3. The number of thiazole rings is 1. The van der Waals surface area contributed by atoms with Crippen molar-refractivity contribution in [3.05, 3.63) is 54.9 Å². The molecule has 4 nitrogen and oxygen atoms in total. The number of Topliss-reactive ketones (excluding diaryl/α,β-unsaturated/α-hetero) is 1. The van der Waals surface area contributed by atoms with E-state index in [-0.39, 0.29) is 32.7 Å². The molecule has 0 bridgehead atoms. The first kappa shape index (κ1) is 19.7. The Bertz CT molecular complexity index is 1080. The Balaban J connectivity index is 2.85. The highest BCUT2D eigenvalue weighted by Gasteiger charge is 2.27. The van der Waals surface area contributed by atoms with Crippen molar-refractivity contribution in [3.63, 3.8) is 0 Å². The summed E-state index contributed by atoms with van der Waals surface area (Å²) in [6.45, 7) is 7.05. The van der Waals surface area contributed by atoms with Gasteiger partial charge in [0, 0.05) is 23.6 Å².